The Morgan fingerprint density at radius 1 is 0.794 bits per heavy atom. The standard InChI is InChI=1S/C25H24FNO6S/c26-21-4-1-18(2-5-21)16-30-17-19-3-7-23-20(13-19)15-27(9-10-31-23)34(28,29)22-6-8-24-25(14-22)33-12-11-32-24/h1-8,13-14H,9-12,15-17H2. The van der Waals surface area contributed by atoms with Crippen LogP contribution in [0, 0.1) is 5.82 Å². The molecular weight excluding hydrogens is 461 g/mol. The maximum absolute atomic E-state index is 13.4. The molecule has 0 unspecified atom stereocenters. The lowest BCUT2D eigenvalue weighted by molar-refractivity contribution is 0.107. The number of benzene rings is 3. The highest BCUT2D eigenvalue weighted by atomic mass is 32.2. The molecule has 3 aromatic carbocycles. The average molecular weight is 486 g/mol. The highest BCUT2D eigenvalue weighted by Gasteiger charge is 2.29. The highest BCUT2D eigenvalue weighted by Crippen LogP contribution is 2.34. The molecule has 5 rings (SSSR count). The molecule has 0 radical (unpaired) electrons. The van der Waals surface area contributed by atoms with E-state index in [9.17, 15) is 12.8 Å². The number of nitrogens with zero attached hydrogens (tertiary/aromatic N) is 1. The quantitative estimate of drug-likeness (QED) is 0.527. The Kier molecular flexibility index (Phi) is 6.40. The summed E-state index contributed by atoms with van der Waals surface area (Å²) in [5.74, 6) is 1.34. The van der Waals surface area contributed by atoms with Gasteiger partial charge in [0.2, 0.25) is 10.0 Å². The molecular formula is C25H24FNO6S. The van der Waals surface area contributed by atoms with E-state index in [-0.39, 0.29) is 30.4 Å². The molecule has 2 aliphatic heterocycles. The maximum Gasteiger partial charge on any atom is 0.243 e. The molecule has 0 spiro atoms. The Labute approximate surface area is 197 Å². The Morgan fingerprint density at radius 2 is 1.47 bits per heavy atom. The number of ether oxygens (including phenoxy) is 4. The van der Waals surface area contributed by atoms with Crippen molar-refractivity contribution in [2.45, 2.75) is 24.7 Å². The van der Waals surface area contributed by atoms with Gasteiger partial charge in [-0.25, -0.2) is 12.8 Å². The van der Waals surface area contributed by atoms with Crippen LogP contribution in [-0.4, -0.2) is 39.1 Å². The number of sulfonamides is 1. The van der Waals surface area contributed by atoms with Crippen LogP contribution in [-0.2, 0) is 34.5 Å². The van der Waals surface area contributed by atoms with Gasteiger partial charge in [0.1, 0.15) is 31.4 Å². The van der Waals surface area contributed by atoms with Crippen LogP contribution in [0.3, 0.4) is 0 Å². The fourth-order valence-electron chi connectivity index (χ4n) is 3.92. The van der Waals surface area contributed by atoms with Gasteiger partial charge in [-0.05, 0) is 47.5 Å². The molecule has 3 aromatic rings. The fraction of sp³-hybridized carbons (Fsp3) is 0.280. The van der Waals surface area contributed by atoms with Crippen LogP contribution in [0.15, 0.2) is 65.6 Å². The number of hydrogen-bond donors (Lipinski definition) is 0. The van der Waals surface area contributed by atoms with Crippen molar-refractivity contribution in [3.63, 3.8) is 0 Å². The molecule has 0 atom stereocenters. The molecule has 0 aliphatic carbocycles. The molecule has 2 heterocycles. The van der Waals surface area contributed by atoms with Crippen LogP contribution in [0.1, 0.15) is 16.7 Å². The second-order valence-corrected chi connectivity index (χ2v) is 9.99. The van der Waals surface area contributed by atoms with Crippen LogP contribution in [0.2, 0.25) is 0 Å². The first-order valence-electron chi connectivity index (χ1n) is 11.0. The average Bonchev–Trinajstić information content (AvgIpc) is 3.07. The molecule has 0 bridgehead atoms. The number of fused-ring (bicyclic) bond motifs is 2. The van der Waals surface area contributed by atoms with Crippen LogP contribution in [0.5, 0.6) is 17.2 Å². The van der Waals surface area contributed by atoms with Crippen molar-refractivity contribution in [2.75, 3.05) is 26.4 Å². The summed E-state index contributed by atoms with van der Waals surface area (Å²) in [6.45, 7) is 2.15. The fourth-order valence-corrected chi connectivity index (χ4v) is 5.34. The van der Waals surface area contributed by atoms with Gasteiger partial charge in [-0.15, -0.1) is 0 Å². The first-order chi connectivity index (χ1) is 16.5. The SMILES string of the molecule is O=S(=O)(c1ccc2c(c1)OCCO2)N1CCOc2ccc(COCc3ccc(F)cc3)cc2C1. The summed E-state index contributed by atoms with van der Waals surface area (Å²) < 4.78 is 63.9. The van der Waals surface area contributed by atoms with Gasteiger partial charge >= 0.3 is 0 Å². The van der Waals surface area contributed by atoms with Gasteiger partial charge in [-0.2, -0.15) is 4.31 Å². The van der Waals surface area contributed by atoms with E-state index >= 15 is 0 Å². The van der Waals surface area contributed by atoms with Gasteiger partial charge in [0, 0.05) is 24.7 Å². The maximum atomic E-state index is 13.4. The van der Waals surface area contributed by atoms with E-state index in [1.54, 1.807) is 18.2 Å². The van der Waals surface area contributed by atoms with Gasteiger partial charge in [0.15, 0.2) is 11.5 Å². The van der Waals surface area contributed by atoms with Crippen molar-refractivity contribution in [1.82, 2.24) is 4.31 Å². The summed E-state index contributed by atoms with van der Waals surface area (Å²) in [6, 6.07) is 16.5. The third-order valence-electron chi connectivity index (χ3n) is 5.67. The molecule has 0 saturated carbocycles. The predicted molar refractivity (Wildman–Crippen MR) is 122 cm³/mol. The van der Waals surface area contributed by atoms with Crippen molar-refractivity contribution in [3.8, 4) is 17.2 Å². The minimum Gasteiger partial charge on any atom is -0.492 e. The first-order valence-corrected chi connectivity index (χ1v) is 12.4. The Bertz CT molecular complexity index is 1280. The zero-order valence-corrected chi connectivity index (χ0v) is 19.2. The summed E-state index contributed by atoms with van der Waals surface area (Å²) in [5, 5.41) is 0. The van der Waals surface area contributed by atoms with Gasteiger partial charge < -0.3 is 18.9 Å². The third kappa shape index (κ3) is 4.86. The summed E-state index contributed by atoms with van der Waals surface area (Å²) in [5.41, 5.74) is 2.53. The predicted octanol–water partition coefficient (Wildman–Crippen LogP) is 3.90. The Balaban J connectivity index is 1.31. The molecule has 2 aliphatic rings. The van der Waals surface area contributed by atoms with E-state index in [0.717, 1.165) is 16.7 Å². The molecule has 0 fully saturated rings. The lowest BCUT2D eigenvalue weighted by Crippen LogP contribution is -2.32. The lowest BCUT2D eigenvalue weighted by Gasteiger charge is -2.22. The molecule has 7 nitrogen and oxygen atoms in total. The third-order valence-corrected chi connectivity index (χ3v) is 7.51. The normalized spacial score (nSPS) is 15.8. The van der Waals surface area contributed by atoms with Crippen LogP contribution in [0.25, 0.3) is 0 Å². The minimum absolute atomic E-state index is 0.152. The Hall–Kier alpha value is -3.14. The van der Waals surface area contributed by atoms with E-state index in [1.165, 1.54) is 28.6 Å². The van der Waals surface area contributed by atoms with Gasteiger partial charge in [0.05, 0.1) is 18.1 Å². The number of halogens is 1. The van der Waals surface area contributed by atoms with Crippen LogP contribution >= 0.6 is 0 Å². The van der Waals surface area contributed by atoms with Crippen molar-refractivity contribution in [1.29, 1.82) is 0 Å². The molecule has 0 aromatic heterocycles. The summed E-state index contributed by atoms with van der Waals surface area (Å²) in [7, 11) is -3.78. The largest absolute Gasteiger partial charge is 0.492 e. The second kappa shape index (κ2) is 9.61. The summed E-state index contributed by atoms with van der Waals surface area (Å²) in [4.78, 5) is 0.152. The molecule has 34 heavy (non-hydrogen) atoms. The summed E-state index contributed by atoms with van der Waals surface area (Å²) >= 11 is 0. The van der Waals surface area contributed by atoms with Crippen molar-refractivity contribution in [3.05, 3.63) is 83.2 Å². The van der Waals surface area contributed by atoms with Crippen LogP contribution < -0.4 is 14.2 Å². The van der Waals surface area contributed by atoms with Gasteiger partial charge in [0.25, 0.3) is 0 Å². The molecule has 9 heteroatoms. The van der Waals surface area contributed by atoms with Crippen LogP contribution in [0.4, 0.5) is 4.39 Å². The summed E-state index contributed by atoms with van der Waals surface area (Å²) in [6.07, 6.45) is 0. The zero-order valence-electron chi connectivity index (χ0n) is 18.4. The zero-order chi connectivity index (χ0) is 23.5. The monoisotopic (exact) mass is 485 g/mol. The van der Waals surface area contributed by atoms with Gasteiger partial charge in [-0.1, -0.05) is 18.2 Å². The topological polar surface area (TPSA) is 74.3 Å². The molecule has 178 valence electrons. The number of rotatable bonds is 6. The van der Waals surface area contributed by atoms with E-state index in [1.807, 2.05) is 18.2 Å². The van der Waals surface area contributed by atoms with E-state index in [4.69, 9.17) is 18.9 Å². The van der Waals surface area contributed by atoms with Gasteiger partial charge in [-0.3, -0.25) is 0 Å². The van der Waals surface area contributed by atoms with E-state index < -0.39 is 10.0 Å². The number of hydrogen-bond acceptors (Lipinski definition) is 6. The van der Waals surface area contributed by atoms with E-state index in [0.29, 0.717) is 43.7 Å². The molecule has 0 saturated heterocycles. The second-order valence-electron chi connectivity index (χ2n) is 8.05. The minimum atomic E-state index is -3.78. The van der Waals surface area contributed by atoms with Crippen molar-refractivity contribution in [2.24, 2.45) is 0 Å². The first kappa shape index (κ1) is 22.6. The highest BCUT2D eigenvalue weighted by molar-refractivity contribution is 7.89. The van der Waals surface area contributed by atoms with E-state index in [2.05, 4.69) is 0 Å². The molecule has 0 amide bonds. The van der Waals surface area contributed by atoms with Crippen molar-refractivity contribution < 1.29 is 31.8 Å². The lowest BCUT2D eigenvalue weighted by atomic mass is 10.1. The Morgan fingerprint density at radius 3 is 2.29 bits per heavy atom. The van der Waals surface area contributed by atoms with Crippen molar-refractivity contribution >= 4 is 10.0 Å². The molecule has 0 N–H and O–H groups in total. The smallest absolute Gasteiger partial charge is 0.243 e.